The van der Waals surface area contributed by atoms with Crippen LogP contribution in [0.4, 0.5) is 0 Å². The number of hydrogen-bond donors (Lipinski definition) is 1. The summed E-state index contributed by atoms with van der Waals surface area (Å²) in [5.74, 6) is -0.729. The molecule has 5 heteroatoms. The first-order valence-electron chi connectivity index (χ1n) is 7.04. The number of carbonyl (C=O) groups excluding carboxylic acids is 2. The Bertz CT molecular complexity index is 693. The Balaban J connectivity index is 1.73. The second-order valence-corrected chi connectivity index (χ2v) is 5.41. The minimum atomic E-state index is -0.391. The number of nitrogens with two attached hydrogens (primary N) is 1. The van der Waals surface area contributed by atoms with Crippen molar-refractivity contribution in [2.24, 2.45) is 11.7 Å². The molecule has 0 saturated carbocycles. The van der Waals surface area contributed by atoms with Crippen LogP contribution in [0.15, 0.2) is 36.7 Å². The maximum atomic E-state index is 11.9. The smallest absolute Gasteiger partial charge is 0.223 e. The number of primary amides is 1. The molecule has 0 spiro atoms. The van der Waals surface area contributed by atoms with E-state index in [2.05, 4.69) is 11.1 Å². The molecule has 1 aliphatic heterocycles. The van der Waals surface area contributed by atoms with Gasteiger partial charge in [0.2, 0.25) is 11.8 Å². The zero-order valence-electron chi connectivity index (χ0n) is 11.7. The average molecular weight is 283 g/mol. The maximum Gasteiger partial charge on any atom is 0.223 e. The van der Waals surface area contributed by atoms with Crippen molar-refractivity contribution in [3.05, 3.63) is 42.2 Å². The van der Waals surface area contributed by atoms with Crippen molar-refractivity contribution in [2.75, 3.05) is 13.1 Å². The van der Waals surface area contributed by atoms with Gasteiger partial charge in [0.05, 0.1) is 5.92 Å². The van der Waals surface area contributed by atoms with E-state index in [1.165, 1.54) is 0 Å². The highest BCUT2D eigenvalue weighted by Gasteiger charge is 2.32. The summed E-state index contributed by atoms with van der Waals surface area (Å²) in [7, 11) is 0. The lowest BCUT2D eigenvalue weighted by Gasteiger charge is -2.16. The summed E-state index contributed by atoms with van der Waals surface area (Å²) in [6.45, 7) is 1.03. The highest BCUT2D eigenvalue weighted by Crippen LogP contribution is 2.20. The van der Waals surface area contributed by atoms with E-state index in [9.17, 15) is 9.59 Å². The van der Waals surface area contributed by atoms with E-state index in [1.807, 2.05) is 30.6 Å². The Hall–Kier alpha value is -2.43. The highest BCUT2D eigenvalue weighted by molar-refractivity contribution is 5.88. The van der Waals surface area contributed by atoms with Gasteiger partial charge in [-0.1, -0.05) is 24.3 Å². The number of carbonyl (C=O) groups is 2. The lowest BCUT2D eigenvalue weighted by Crippen LogP contribution is -2.30. The number of likely N-dealkylation sites (tertiary alicyclic amines) is 1. The van der Waals surface area contributed by atoms with Crippen LogP contribution in [0.1, 0.15) is 12.0 Å². The fourth-order valence-corrected chi connectivity index (χ4v) is 2.81. The van der Waals surface area contributed by atoms with Gasteiger partial charge >= 0.3 is 0 Å². The van der Waals surface area contributed by atoms with Crippen LogP contribution in [-0.2, 0) is 16.0 Å². The molecule has 1 aromatic carbocycles. The minimum Gasteiger partial charge on any atom is -0.369 e. The molecule has 108 valence electrons. The standard InChI is InChI=1S/C16H17N3O2/c17-16(21)13-7-15(20)19(10-13)6-5-12-9-18-8-11-3-1-2-4-14(11)12/h1-4,8-9,13H,5-7,10H2,(H2,17,21). The van der Waals surface area contributed by atoms with Crippen molar-refractivity contribution < 1.29 is 9.59 Å². The van der Waals surface area contributed by atoms with Crippen LogP contribution < -0.4 is 5.73 Å². The summed E-state index contributed by atoms with van der Waals surface area (Å²) >= 11 is 0. The van der Waals surface area contributed by atoms with Gasteiger partial charge in [-0.05, 0) is 17.4 Å². The van der Waals surface area contributed by atoms with Crippen LogP contribution in [0.5, 0.6) is 0 Å². The number of amides is 2. The Morgan fingerprint density at radius 1 is 1.33 bits per heavy atom. The van der Waals surface area contributed by atoms with Crippen LogP contribution in [0.25, 0.3) is 10.8 Å². The summed E-state index contributed by atoms with van der Waals surface area (Å²) in [6.07, 6.45) is 4.64. The summed E-state index contributed by atoms with van der Waals surface area (Å²) in [6, 6.07) is 8.06. The molecule has 1 unspecified atom stereocenters. The fourth-order valence-electron chi connectivity index (χ4n) is 2.81. The molecule has 1 atom stereocenters. The molecule has 21 heavy (non-hydrogen) atoms. The molecule has 0 aliphatic carbocycles. The van der Waals surface area contributed by atoms with E-state index in [0.29, 0.717) is 13.1 Å². The molecule has 1 fully saturated rings. The van der Waals surface area contributed by atoms with Crippen molar-refractivity contribution in [3.63, 3.8) is 0 Å². The topological polar surface area (TPSA) is 76.3 Å². The largest absolute Gasteiger partial charge is 0.369 e. The van der Waals surface area contributed by atoms with Crippen LogP contribution in [0.3, 0.4) is 0 Å². The van der Waals surface area contributed by atoms with Gasteiger partial charge in [0.25, 0.3) is 0 Å². The quantitative estimate of drug-likeness (QED) is 0.913. The number of nitrogens with zero attached hydrogens (tertiary/aromatic N) is 2. The van der Waals surface area contributed by atoms with Gasteiger partial charge in [0.1, 0.15) is 0 Å². The van der Waals surface area contributed by atoms with E-state index in [4.69, 9.17) is 5.73 Å². The maximum absolute atomic E-state index is 11.9. The summed E-state index contributed by atoms with van der Waals surface area (Å²) in [5, 5.41) is 2.25. The molecule has 1 aromatic heterocycles. The Morgan fingerprint density at radius 2 is 2.14 bits per heavy atom. The van der Waals surface area contributed by atoms with E-state index < -0.39 is 5.91 Å². The first-order valence-corrected chi connectivity index (χ1v) is 7.04. The van der Waals surface area contributed by atoms with Crippen molar-refractivity contribution in [1.82, 2.24) is 9.88 Å². The first-order chi connectivity index (χ1) is 10.1. The lowest BCUT2D eigenvalue weighted by molar-refractivity contribution is -0.128. The van der Waals surface area contributed by atoms with Gasteiger partial charge in [0.15, 0.2) is 0 Å². The summed E-state index contributed by atoms with van der Waals surface area (Å²) < 4.78 is 0. The molecule has 3 rings (SSSR count). The van der Waals surface area contributed by atoms with Crippen LogP contribution in [0, 0.1) is 5.92 Å². The zero-order chi connectivity index (χ0) is 14.8. The van der Waals surface area contributed by atoms with Crippen molar-refractivity contribution >= 4 is 22.6 Å². The van der Waals surface area contributed by atoms with Crippen LogP contribution >= 0.6 is 0 Å². The van der Waals surface area contributed by atoms with Gasteiger partial charge in [-0.3, -0.25) is 14.6 Å². The third kappa shape index (κ3) is 2.72. The van der Waals surface area contributed by atoms with E-state index in [0.717, 1.165) is 22.8 Å². The minimum absolute atomic E-state index is 0.00648. The molecule has 0 bridgehead atoms. The molecular formula is C16H17N3O2. The molecule has 2 aromatic rings. The Morgan fingerprint density at radius 3 is 2.90 bits per heavy atom. The Kier molecular flexibility index (Phi) is 3.56. The number of hydrogen-bond acceptors (Lipinski definition) is 3. The summed E-state index contributed by atoms with van der Waals surface area (Å²) in [5.41, 5.74) is 6.39. The predicted octanol–water partition coefficient (Wildman–Crippen LogP) is 1.11. The fraction of sp³-hybridized carbons (Fsp3) is 0.312. The van der Waals surface area contributed by atoms with Crippen molar-refractivity contribution in [3.8, 4) is 0 Å². The van der Waals surface area contributed by atoms with Crippen molar-refractivity contribution in [2.45, 2.75) is 12.8 Å². The third-order valence-electron chi connectivity index (χ3n) is 4.02. The monoisotopic (exact) mass is 283 g/mol. The zero-order valence-corrected chi connectivity index (χ0v) is 11.7. The molecule has 2 amide bonds. The van der Waals surface area contributed by atoms with Crippen molar-refractivity contribution in [1.29, 1.82) is 0 Å². The first kappa shape index (κ1) is 13.5. The van der Waals surface area contributed by atoms with Gasteiger partial charge in [0, 0.05) is 37.3 Å². The average Bonchev–Trinajstić information content (AvgIpc) is 2.86. The molecule has 5 nitrogen and oxygen atoms in total. The number of pyridine rings is 1. The van der Waals surface area contributed by atoms with Gasteiger partial charge in [-0.2, -0.15) is 0 Å². The molecule has 1 aliphatic rings. The van der Waals surface area contributed by atoms with Gasteiger partial charge in [-0.25, -0.2) is 0 Å². The van der Waals surface area contributed by atoms with E-state index in [1.54, 1.807) is 4.90 Å². The molecule has 0 radical (unpaired) electrons. The normalized spacial score (nSPS) is 18.4. The molecular weight excluding hydrogens is 266 g/mol. The predicted molar refractivity (Wildman–Crippen MR) is 79.3 cm³/mol. The molecule has 2 heterocycles. The van der Waals surface area contributed by atoms with Gasteiger partial charge < -0.3 is 10.6 Å². The molecule has 2 N–H and O–H groups in total. The number of aromatic nitrogens is 1. The van der Waals surface area contributed by atoms with Crippen LogP contribution in [-0.4, -0.2) is 34.8 Å². The third-order valence-corrected chi connectivity index (χ3v) is 4.02. The molecule has 1 saturated heterocycles. The van der Waals surface area contributed by atoms with Gasteiger partial charge in [-0.15, -0.1) is 0 Å². The summed E-state index contributed by atoms with van der Waals surface area (Å²) in [4.78, 5) is 29.0. The SMILES string of the molecule is NC(=O)C1CC(=O)N(CCc2cncc3ccccc23)C1. The highest BCUT2D eigenvalue weighted by atomic mass is 16.2. The van der Waals surface area contributed by atoms with E-state index in [-0.39, 0.29) is 18.2 Å². The lowest BCUT2D eigenvalue weighted by atomic mass is 10.1. The number of fused-ring (bicyclic) bond motifs is 1. The number of rotatable bonds is 4. The second kappa shape index (κ2) is 5.52. The number of benzene rings is 1. The Labute approximate surface area is 122 Å². The van der Waals surface area contributed by atoms with Crippen LogP contribution in [0.2, 0.25) is 0 Å². The van der Waals surface area contributed by atoms with E-state index >= 15 is 0 Å². The second-order valence-electron chi connectivity index (χ2n) is 5.41.